The molecule has 1 fully saturated rings. The van der Waals surface area contributed by atoms with Crippen LogP contribution < -0.4 is 5.32 Å². The van der Waals surface area contributed by atoms with Gasteiger partial charge in [-0.2, -0.15) is 0 Å². The van der Waals surface area contributed by atoms with Gasteiger partial charge in [0.2, 0.25) is 0 Å². The van der Waals surface area contributed by atoms with E-state index in [1.165, 1.54) is 0 Å². The zero-order valence-corrected chi connectivity index (χ0v) is 12.5. The van der Waals surface area contributed by atoms with Crippen molar-refractivity contribution in [3.8, 4) is 0 Å². The third-order valence-corrected chi connectivity index (χ3v) is 4.49. The number of nitrogens with one attached hydrogen (secondary N) is 1. The molecule has 0 radical (unpaired) electrons. The molecule has 0 atom stereocenters. The Bertz CT molecular complexity index is 470. The molecular formula is C14H18BrNO3. The molecule has 2 rings (SSSR count). The van der Waals surface area contributed by atoms with Gasteiger partial charge in [-0.3, -0.25) is 4.79 Å². The van der Waals surface area contributed by atoms with E-state index < -0.39 is 5.60 Å². The van der Waals surface area contributed by atoms with Crippen LogP contribution in [0.3, 0.4) is 0 Å². The number of hydrogen-bond donors (Lipinski definition) is 2. The summed E-state index contributed by atoms with van der Waals surface area (Å²) in [7, 11) is 0. The van der Waals surface area contributed by atoms with Crippen molar-refractivity contribution in [1.29, 1.82) is 0 Å². The minimum absolute atomic E-state index is 0.171. The summed E-state index contributed by atoms with van der Waals surface area (Å²) in [6.07, 6.45) is 1.12. The minimum atomic E-state index is -0.843. The second kappa shape index (κ2) is 6.03. The first kappa shape index (κ1) is 14.5. The highest BCUT2D eigenvalue weighted by Crippen LogP contribution is 2.22. The lowest BCUT2D eigenvalue weighted by molar-refractivity contribution is -0.0605. The smallest absolute Gasteiger partial charge is 0.252 e. The van der Waals surface area contributed by atoms with Crippen LogP contribution in [0.5, 0.6) is 0 Å². The van der Waals surface area contributed by atoms with Gasteiger partial charge in [-0.15, -0.1) is 0 Å². The van der Waals surface area contributed by atoms with Crippen LogP contribution in [0.15, 0.2) is 22.7 Å². The Morgan fingerprint density at radius 1 is 1.47 bits per heavy atom. The van der Waals surface area contributed by atoms with Gasteiger partial charge in [0.15, 0.2) is 0 Å². The molecule has 0 aromatic heterocycles. The molecule has 1 aliphatic rings. The molecule has 1 aromatic rings. The SMILES string of the molecule is Cc1cccc(C(=O)NCC2(O)CCOCC2)c1Br. The summed E-state index contributed by atoms with van der Waals surface area (Å²) in [6, 6.07) is 5.55. The molecule has 0 saturated carbocycles. The Balaban J connectivity index is 1.99. The standard InChI is InChI=1S/C14H18BrNO3/c1-10-3-2-4-11(12(10)15)13(17)16-9-14(18)5-7-19-8-6-14/h2-4,18H,5-9H2,1H3,(H,16,17). The number of rotatable bonds is 3. The van der Waals surface area contributed by atoms with E-state index in [1.54, 1.807) is 6.07 Å². The molecule has 0 aliphatic carbocycles. The third-order valence-electron chi connectivity index (χ3n) is 3.44. The van der Waals surface area contributed by atoms with Gasteiger partial charge >= 0.3 is 0 Å². The summed E-state index contributed by atoms with van der Waals surface area (Å²) in [6.45, 7) is 3.28. The Hall–Kier alpha value is -0.910. The van der Waals surface area contributed by atoms with Crippen molar-refractivity contribution < 1.29 is 14.6 Å². The summed E-state index contributed by atoms with van der Waals surface area (Å²) in [4.78, 5) is 12.1. The number of ether oxygens (including phenoxy) is 1. The van der Waals surface area contributed by atoms with Crippen LogP contribution in [-0.4, -0.2) is 36.4 Å². The fraction of sp³-hybridized carbons (Fsp3) is 0.500. The molecule has 1 saturated heterocycles. The maximum Gasteiger partial charge on any atom is 0.252 e. The van der Waals surface area contributed by atoms with E-state index in [0.29, 0.717) is 31.6 Å². The molecule has 5 heteroatoms. The molecule has 0 unspecified atom stereocenters. The monoisotopic (exact) mass is 327 g/mol. The van der Waals surface area contributed by atoms with Gasteiger partial charge in [-0.1, -0.05) is 12.1 Å². The second-order valence-corrected chi connectivity index (χ2v) is 5.75. The summed E-state index contributed by atoms with van der Waals surface area (Å²) in [5, 5.41) is 13.1. The molecule has 104 valence electrons. The Kier molecular flexibility index (Phi) is 4.60. The van der Waals surface area contributed by atoms with Gasteiger partial charge in [-0.25, -0.2) is 0 Å². The zero-order chi connectivity index (χ0) is 13.9. The highest BCUT2D eigenvalue weighted by Gasteiger charge is 2.30. The topological polar surface area (TPSA) is 58.6 Å². The lowest BCUT2D eigenvalue weighted by Gasteiger charge is -2.32. The van der Waals surface area contributed by atoms with Crippen LogP contribution in [-0.2, 0) is 4.74 Å². The average Bonchev–Trinajstić information content (AvgIpc) is 2.40. The first-order valence-electron chi connectivity index (χ1n) is 6.35. The number of benzene rings is 1. The van der Waals surface area contributed by atoms with Crippen LogP contribution in [0.25, 0.3) is 0 Å². The van der Waals surface area contributed by atoms with Gasteiger partial charge in [0.05, 0.1) is 11.2 Å². The lowest BCUT2D eigenvalue weighted by atomic mass is 9.94. The number of hydrogen-bond acceptors (Lipinski definition) is 3. The number of carbonyl (C=O) groups is 1. The van der Waals surface area contributed by atoms with Crippen molar-refractivity contribution in [2.75, 3.05) is 19.8 Å². The number of halogens is 1. The Morgan fingerprint density at radius 2 is 2.16 bits per heavy atom. The first-order valence-corrected chi connectivity index (χ1v) is 7.15. The van der Waals surface area contributed by atoms with Gasteiger partial charge in [0, 0.05) is 37.1 Å². The van der Waals surface area contributed by atoms with E-state index in [9.17, 15) is 9.90 Å². The summed E-state index contributed by atoms with van der Waals surface area (Å²) >= 11 is 3.42. The van der Waals surface area contributed by atoms with Crippen LogP contribution in [0.2, 0.25) is 0 Å². The van der Waals surface area contributed by atoms with Gasteiger partial charge in [0.25, 0.3) is 5.91 Å². The van der Waals surface area contributed by atoms with Gasteiger partial charge < -0.3 is 15.2 Å². The summed E-state index contributed by atoms with van der Waals surface area (Å²) in [5.41, 5.74) is 0.762. The predicted molar refractivity (Wildman–Crippen MR) is 76.2 cm³/mol. The maximum absolute atomic E-state index is 12.1. The number of aliphatic hydroxyl groups is 1. The molecule has 0 spiro atoms. The summed E-state index contributed by atoms with van der Waals surface area (Å²) in [5.74, 6) is -0.171. The molecule has 1 amide bonds. The van der Waals surface area contributed by atoms with E-state index in [2.05, 4.69) is 21.2 Å². The molecule has 4 nitrogen and oxygen atoms in total. The van der Waals surface area contributed by atoms with Crippen molar-refractivity contribution in [3.63, 3.8) is 0 Å². The molecular weight excluding hydrogens is 310 g/mol. The highest BCUT2D eigenvalue weighted by atomic mass is 79.9. The predicted octanol–water partition coefficient (Wildman–Crippen LogP) is 2.03. The van der Waals surface area contributed by atoms with E-state index >= 15 is 0 Å². The van der Waals surface area contributed by atoms with E-state index in [0.717, 1.165) is 10.0 Å². The maximum atomic E-state index is 12.1. The second-order valence-electron chi connectivity index (χ2n) is 4.96. The lowest BCUT2D eigenvalue weighted by Crippen LogP contribution is -2.46. The quantitative estimate of drug-likeness (QED) is 0.893. The average molecular weight is 328 g/mol. The normalized spacial score (nSPS) is 18.1. The van der Waals surface area contributed by atoms with Gasteiger partial charge in [0.1, 0.15) is 0 Å². The van der Waals surface area contributed by atoms with Crippen LogP contribution in [0.1, 0.15) is 28.8 Å². The molecule has 0 bridgehead atoms. The highest BCUT2D eigenvalue weighted by molar-refractivity contribution is 9.10. The van der Waals surface area contributed by atoms with Crippen molar-refractivity contribution >= 4 is 21.8 Å². The van der Waals surface area contributed by atoms with Crippen LogP contribution >= 0.6 is 15.9 Å². The van der Waals surface area contributed by atoms with Gasteiger partial charge in [-0.05, 0) is 34.5 Å². The first-order chi connectivity index (χ1) is 9.02. The zero-order valence-electron chi connectivity index (χ0n) is 10.9. The number of aryl methyl sites for hydroxylation is 1. The Morgan fingerprint density at radius 3 is 2.84 bits per heavy atom. The fourth-order valence-corrected chi connectivity index (χ4v) is 2.54. The van der Waals surface area contributed by atoms with Crippen molar-refractivity contribution in [2.45, 2.75) is 25.4 Å². The third kappa shape index (κ3) is 3.55. The van der Waals surface area contributed by atoms with E-state index in [1.807, 2.05) is 19.1 Å². The largest absolute Gasteiger partial charge is 0.388 e. The van der Waals surface area contributed by atoms with Crippen molar-refractivity contribution in [2.24, 2.45) is 0 Å². The molecule has 1 aliphatic heterocycles. The Labute approximate surface area is 121 Å². The fourth-order valence-electron chi connectivity index (χ4n) is 2.09. The van der Waals surface area contributed by atoms with Crippen molar-refractivity contribution in [1.82, 2.24) is 5.32 Å². The number of carbonyl (C=O) groups excluding carboxylic acids is 1. The van der Waals surface area contributed by atoms with Crippen molar-refractivity contribution in [3.05, 3.63) is 33.8 Å². The van der Waals surface area contributed by atoms with Crippen LogP contribution in [0.4, 0.5) is 0 Å². The molecule has 19 heavy (non-hydrogen) atoms. The molecule has 2 N–H and O–H groups in total. The van der Waals surface area contributed by atoms with Crippen LogP contribution in [0, 0.1) is 6.92 Å². The van der Waals surface area contributed by atoms with E-state index in [4.69, 9.17) is 4.74 Å². The van der Waals surface area contributed by atoms with E-state index in [-0.39, 0.29) is 12.5 Å². The summed E-state index contributed by atoms with van der Waals surface area (Å²) < 4.78 is 6.01. The number of amides is 1. The molecule has 1 heterocycles. The molecule has 1 aromatic carbocycles. The minimum Gasteiger partial charge on any atom is -0.388 e.